The fourth-order valence-corrected chi connectivity index (χ4v) is 1.76. The maximum atomic E-state index is 11.3. The third kappa shape index (κ3) is 4.50. The molecular weight excluding hydrogens is 198 g/mol. The summed E-state index contributed by atoms with van der Waals surface area (Å²) < 4.78 is 5.04. The molecule has 0 aromatic carbocycles. The molecule has 14 heavy (non-hydrogen) atoms. The van der Waals surface area contributed by atoms with Crippen molar-refractivity contribution < 1.29 is 9.53 Å². The highest BCUT2D eigenvalue weighted by molar-refractivity contribution is 7.07. The van der Waals surface area contributed by atoms with Crippen molar-refractivity contribution in [2.75, 3.05) is 19.8 Å². The van der Waals surface area contributed by atoms with E-state index in [1.54, 1.807) is 11.3 Å². The van der Waals surface area contributed by atoms with Crippen molar-refractivity contribution in [3.05, 3.63) is 22.4 Å². The fraction of sp³-hybridized carbons (Fsp3) is 0.500. The summed E-state index contributed by atoms with van der Waals surface area (Å²) in [5.41, 5.74) is 6.46. The Hall–Kier alpha value is -0.710. The average molecular weight is 213 g/mol. The van der Waals surface area contributed by atoms with Crippen LogP contribution in [0.4, 0.5) is 0 Å². The molecule has 0 amide bonds. The lowest BCUT2D eigenvalue weighted by molar-refractivity contribution is -0.123. The Morgan fingerprint density at radius 1 is 1.57 bits per heavy atom. The van der Waals surface area contributed by atoms with Gasteiger partial charge < -0.3 is 10.5 Å². The first kappa shape index (κ1) is 11.4. The summed E-state index contributed by atoms with van der Waals surface area (Å²) in [6.45, 7) is 1.13. The van der Waals surface area contributed by atoms with E-state index >= 15 is 0 Å². The van der Waals surface area contributed by atoms with Crippen LogP contribution in [0.2, 0.25) is 0 Å². The number of carbonyl (C=O) groups is 1. The first-order chi connectivity index (χ1) is 6.83. The molecule has 0 saturated heterocycles. The Labute approximate surface area is 87.9 Å². The molecule has 78 valence electrons. The smallest absolute Gasteiger partial charge is 0.158 e. The van der Waals surface area contributed by atoms with Crippen molar-refractivity contribution in [2.24, 2.45) is 5.73 Å². The summed E-state index contributed by atoms with van der Waals surface area (Å²) in [6, 6.07) is 2.04. The van der Waals surface area contributed by atoms with E-state index in [2.05, 4.69) is 5.38 Å². The van der Waals surface area contributed by atoms with Crippen LogP contribution in [0.15, 0.2) is 16.8 Å². The Morgan fingerprint density at radius 2 is 2.43 bits per heavy atom. The molecule has 1 aromatic heterocycles. The number of ether oxygens (including phenoxy) is 1. The van der Waals surface area contributed by atoms with Crippen LogP contribution in [0, 0.1) is 0 Å². The zero-order valence-corrected chi connectivity index (χ0v) is 8.89. The molecule has 0 unspecified atom stereocenters. The quantitative estimate of drug-likeness (QED) is 0.693. The third-order valence-electron chi connectivity index (χ3n) is 1.80. The lowest BCUT2D eigenvalue weighted by Gasteiger charge is -2.00. The molecule has 3 nitrogen and oxygen atoms in total. The largest absolute Gasteiger partial charge is 0.372 e. The monoisotopic (exact) mass is 213 g/mol. The summed E-state index contributed by atoms with van der Waals surface area (Å²) in [5, 5.41) is 4.08. The molecule has 2 N–H and O–H groups in total. The van der Waals surface area contributed by atoms with Gasteiger partial charge in [0.05, 0.1) is 6.61 Å². The number of hydrogen-bond donors (Lipinski definition) is 1. The molecule has 0 atom stereocenters. The zero-order valence-electron chi connectivity index (χ0n) is 8.07. The van der Waals surface area contributed by atoms with Gasteiger partial charge in [-0.25, -0.2) is 0 Å². The van der Waals surface area contributed by atoms with Gasteiger partial charge in [0.15, 0.2) is 5.78 Å². The molecule has 0 aliphatic carbocycles. The molecule has 1 heterocycles. The number of thiophene rings is 1. The Kier molecular flexibility index (Phi) is 5.44. The fourth-order valence-electron chi connectivity index (χ4n) is 1.06. The number of hydrogen-bond acceptors (Lipinski definition) is 4. The van der Waals surface area contributed by atoms with E-state index in [0.717, 1.165) is 6.42 Å². The van der Waals surface area contributed by atoms with Crippen molar-refractivity contribution in [2.45, 2.75) is 12.8 Å². The van der Waals surface area contributed by atoms with Crippen LogP contribution in [-0.2, 0) is 16.0 Å². The highest BCUT2D eigenvalue weighted by Gasteiger charge is 2.02. The Morgan fingerprint density at radius 3 is 3.07 bits per heavy atom. The van der Waals surface area contributed by atoms with Crippen molar-refractivity contribution in [3.63, 3.8) is 0 Å². The number of aryl methyl sites for hydroxylation is 1. The molecule has 0 spiro atoms. The zero-order chi connectivity index (χ0) is 10.2. The lowest BCUT2D eigenvalue weighted by atomic mass is 10.1. The predicted octanol–water partition coefficient (Wildman–Crippen LogP) is 1.23. The van der Waals surface area contributed by atoms with Crippen molar-refractivity contribution in [1.82, 2.24) is 0 Å². The second-order valence-electron chi connectivity index (χ2n) is 3.01. The van der Waals surface area contributed by atoms with Gasteiger partial charge in [0, 0.05) is 13.0 Å². The maximum Gasteiger partial charge on any atom is 0.158 e. The van der Waals surface area contributed by atoms with Crippen LogP contribution in [-0.4, -0.2) is 25.5 Å². The molecule has 0 aliphatic rings. The minimum Gasteiger partial charge on any atom is -0.372 e. The summed E-state index contributed by atoms with van der Waals surface area (Å²) >= 11 is 1.65. The van der Waals surface area contributed by atoms with E-state index in [-0.39, 0.29) is 12.4 Å². The number of Topliss-reactive ketones (excluding diaryl/α,β-unsaturated/α-hetero) is 1. The van der Waals surface area contributed by atoms with Gasteiger partial charge in [-0.1, -0.05) is 0 Å². The molecule has 0 radical (unpaired) electrons. The van der Waals surface area contributed by atoms with Crippen LogP contribution in [0.1, 0.15) is 12.0 Å². The van der Waals surface area contributed by atoms with Gasteiger partial charge in [-0.3, -0.25) is 4.79 Å². The standard InChI is InChI=1S/C10H15NO2S/c11-4-5-13-7-10(12)2-1-9-3-6-14-8-9/h3,6,8H,1-2,4-5,7,11H2. The van der Waals surface area contributed by atoms with E-state index < -0.39 is 0 Å². The summed E-state index contributed by atoms with van der Waals surface area (Å²) in [6.07, 6.45) is 1.37. The van der Waals surface area contributed by atoms with Gasteiger partial charge in [-0.2, -0.15) is 11.3 Å². The second-order valence-corrected chi connectivity index (χ2v) is 3.79. The molecule has 0 saturated carbocycles. The number of rotatable bonds is 7. The van der Waals surface area contributed by atoms with Gasteiger partial charge in [-0.05, 0) is 28.8 Å². The molecule has 0 bridgehead atoms. The molecule has 1 aromatic rings. The highest BCUT2D eigenvalue weighted by Crippen LogP contribution is 2.08. The maximum absolute atomic E-state index is 11.3. The van der Waals surface area contributed by atoms with Gasteiger partial charge in [0.1, 0.15) is 6.61 Å². The molecule has 1 rings (SSSR count). The van der Waals surface area contributed by atoms with Crippen molar-refractivity contribution in [1.29, 1.82) is 0 Å². The lowest BCUT2D eigenvalue weighted by Crippen LogP contribution is -2.14. The minimum atomic E-state index is 0.143. The van der Waals surface area contributed by atoms with Crippen LogP contribution in [0.5, 0.6) is 0 Å². The van der Waals surface area contributed by atoms with Gasteiger partial charge >= 0.3 is 0 Å². The minimum absolute atomic E-state index is 0.143. The van der Waals surface area contributed by atoms with Gasteiger partial charge in [0.25, 0.3) is 0 Å². The SMILES string of the molecule is NCCOCC(=O)CCc1ccsc1. The average Bonchev–Trinajstić information content (AvgIpc) is 2.68. The topological polar surface area (TPSA) is 52.3 Å². The number of ketones is 1. The summed E-state index contributed by atoms with van der Waals surface area (Å²) in [5.74, 6) is 0.143. The van der Waals surface area contributed by atoms with Crippen molar-refractivity contribution in [3.8, 4) is 0 Å². The Balaban J connectivity index is 2.09. The van der Waals surface area contributed by atoms with Crippen LogP contribution >= 0.6 is 11.3 Å². The molecule has 0 aliphatic heterocycles. The first-order valence-electron chi connectivity index (χ1n) is 4.63. The van der Waals surface area contributed by atoms with Crippen molar-refractivity contribution >= 4 is 17.1 Å². The first-order valence-corrected chi connectivity index (χ1v) is 5.58. The second kappa shape index (κ2) is 6.70. The van der Waals surface area contributed by atoms with Crippen LogP contribution < -0.4 is 5.73 Å². The third-order valence-corrected chi connectivity index (χ3v) is 2.53. The van der Waals surface area contributed by atoms with Crippen LogP contribution in [0.3, 0.4) is 0 Å². The number of nitrogens with two attached hydrogens (primary N) is 1. The van der Waals surface area contributed by atoms with Gasteiger partial charge in [-0.15, -0.1) is 0 Å². The predicted molar refractivity (Wildman–Crippen MR) is 57.5 cm³/mol. The number of carbonyl (C=O) groups excluding carboxylic acids is 1. The highest BCUT2D eigenvalue weighted by atomic mass is 32.1. The van der Waals surface area contributed by atoms with E-state index in [1.165, 1.54) is 5.56 Å². The van der Waals surface area contributed by atoms with E-state index in [0.29, 0.717) is 19.6 Å². The molecular formula is C10H15NO2S. The van der Waals surface area contributed by atoms with E-state index in [4.69, 9.17) is 10.5 Å². The summed E-state index contributed by atoms with van der Waals surface area (Å²) in [7, 11) is 0. The van der Waals surface area contributed by atoms with E-state index in [9.17, 15) is 4.79 Å². The normalized spacial score (nSPS) is 10.4. The summed E-state index contributed by atoms with van der Waals surface area (Å²) in [4.78, 5) is 11.3. The van der Waals surface area contributed by atoms with Crippen LogP contribution in [0.25, 0.3) is 0 Å². The Bertz CT molecular complexity index is 259. The van der Waals surface area contributed by atoms with E-state index in [1.807, 2.05) is 11.4 Å². The molecule has 4 heteroatoms. The van der Waals surface area contributed by atoms with Gasteiger partial charge in [0.2, 0.25) is 0 Å². The molecule has 0 fully saturated rings.